The van der Waals surface area contributed by atoms with E-state index in [0.717, 1.165) is 80.3 Å². The molecule has 7 heteroatoms. The van der Waals surface area contributed by atoms with Crippen molar-refractivity contribution < 1.29 is 9.53 Å². The van der Waals surface area contributed by atoms with E-state index >= 15 is 0 Å². The molecule has 2 N–H and O–H groups in total. The van der Waals surface area contributed by atoms with E-state index in [4.69, 9.17) is 4.74 Å². The molecule has 7 nitrogen and oxygen atoms in total. The summed E-state index contributed by atoms with van der Waals surface area (Å²) in [5.74, 6) is 1.85. The fraction of sp³-hybridized carbons (Fsp3) is 0.486. The van der Waals surface area contributed by atoms with Gasteiger partial charge in [-0.25, -0.2) is 0 Å². The Kier molecular flexibility index (Phi) is 8.50. The Morgan fingerprint density at radius 1 is 1.19 bits per heavy atom. The largest absolute Gasteiger partial charge is 0.452 e. The van der Waals surface area contributed by atoms with Crippen LogP contribution in [0.2, 0.25) is 0 Å². The first-order valence-electron chi connectivity index (χ1n) is 15.9. The van der Waals surface area contributed by atoms with Crippen LogP contribution in [-0.4, -0.2) is 53.6 Å². The second-order valence-electron chi connectivity index (χ2n) is 12.2. The van der Waals surface area contributed by atoms with Gasteiger partial charge < -0.3 is 24.8 Å². The predicted molar refractivity (Wildman–Crippen MR) is 170 cm³/mol. The third-order valence-corrected chi connectivity index (χ3v) is 9.52. The number of fused-ring (bicyclic) bond motifs is 3. The summed E-state index contributed by atoms with van der Waals surface area (Å²) in [4.78, 5) is 29.6. The summed E-state index contributed by atoms with van der Waals surface area (Å²) in [5.41, 5.74) is 3.85. The monoisotopic (exact) mass is 568 g/mol. The fourth-order valence-electron chi connectivity index (χ4n) is 7.08. The highest BCUT2D eigenvalue weighted by molar-refractivity contribution is 6.00. The van der Waals surface area contributed by atoms with Gasteiger partial charge in [-0.2, -0.15) is 0 Å². The van der Waals surface area contributed by atoms with Gasteiger partial charge in [0.1, 0.15) is 11.1 Å². The van der Waals surface area contributed by atoms with Gasteiger partial charge in [0, 0.05) is 23.8 Å². The molecule has 6 rings (SSSR count). The number of hydrogen-bond donors (Lipinski definition) is 2. The first kappa shape index (κ1) is 28.7. The number of aromatic nitrogens is 1. The first-order chi connectivity index (χ1) is 20.5. The topological polar surface area (TPSA) is 75.6 Å². The lowest BCUT2D eigenvalue weighted by atomic mass is 9.77. The second kappa shape index (κ2) is 12.4. The van der Waals surface area contributed by atoms with Gasteiger partial charge in [-0.3, -0.25) is 9.59 Å². The zero-order valence-electron chi connectivity index (χ0n) is 25.2. The zero-order chi connectivity index (χ0) is 29.2. The highest BCUT2D eigenvalue weighted by Gasteiger charge is 2.30. The van der Waals surface area contributed by atoms with Gasteiger partial charge in [0.2, 0.25) is 5.43 Å². The molecule has 3 heterocycles. The van der Waals surface area contributed by atoms with E-state index in [-0.39, 0.29) is 22.9 Å². The lowest BCUT2D eigenvalue weighted by Crippen LogP contribution is -2.43. The number of amides is 1. The smallest absolute Gasteiger partial charge is 0.256 e. The van der Waals surface area contributed by atoms with Crippen LogP contribution in [0.4, 0.5) is 0 Å². The van der Waals surface area contributed by atoms with Crippen molar-refractivity contribution >= 4 is 22.9 Å². The van der Waals surface area contributed by atoms with Crippen molar-refractivity contribution in [1.82, 2.24) is 20.1 Å². The average molecular weight is 569 g/mol. The van der Waals surface area contributed by atoms with Gasteiger partial charge in [0.05, 0.1) is 11.1 Å². The van der Waals surface area contributed by atoms with Crippen LogP contribution in [0, 0.1) is 5.92 Å². The molecule has 3 aliphatic rings. The highest BCUT2D eigenvalue weighted by Crippen LogP contribution is 2.43. The third kappa shape index (κ3) is 5.64. The molecule has 1 aromatic heterocycles. The van der Waals surface area contributed by atoms with Crippen LogP contribution >= 0.6 is 0 Å². The summed E-state index contributed by atoms with van der Waals surface area (Å²) >= 11 is 0. The van der Waals surface area contributed by atoms with Gasteiger partial charge in [-0.1, -0.05) is 43.7 Å². The molecule has 0 bridgehead atoms. The Labute approximate surface area is 248 Å². The third-order valence-electron chi connectivity index (χ3n) is 9.52. The molecule has 3 unspecified atom stereocenters. The Bertz CT molecular complexity index is 1550. The summed E-state index contributed by atoms with van der Waals surface area (Å²) in [6, 6.07) is 12.2. The number of rotatable bonds is 9. The summed E-state index contributed by atoms with van der Waals surface area (Å²) in [5, 5.41) is 7.32. The Morgan fingerprint density at radius 3 is 2.86 bits per heavy atom. The predicted octanol–water partition coefficient (Wildman–Crippen LogP) is 6.27. The number of ether oxygens (including phenoxy) is 1. The van der Waals surface area contributed by atoms with E-state index < -0.39 is 0 Å². The molecule has 1 saturated carbocycles. The molecule has 222 valence electrons. The molecular formula is C35H44N4O3. The summed E-state index contributed by atoms with van der Waals surface area (Å²) in [6.45, 7) is 10.5. The summed E-state index contributed by atoms with van der Waals surface area (Å²) in [7, 11) is 0. The van der Waals surface area contributed by atoms with E-state index in [1.54, 1.807) is 6.20 Å². The van der Waals surface area contributed by atoms with Crippen molar-refractivity contribution in [2.45, 2.75) is 77.8 Å². The van der Waals surface area contributed by atoms with E-state index in [1.807, 2.05) is 47.9 Å². The Morgan fingerprint density at radius 2 is 2.02 bits per heavy atom. The minimum atomic E-state index is -0.325. The first-order valence-corrected chi connectivity index (χ1v) is 15.9. The van der Waals surface area contributed by atoms with Crippen molar-refractivity contribution in [1.29, 1.82) is 0 Å². The number of benzene rings is 2. The van der Waals surface area contributed by atoms with E-state index in [9.17, 15) is 9.59 Å². The molecule has 0 radical (unpaired) electrons. The van der Waals surface area contributed by atoms with Gasteiger partial charge in [-0.05, 0) is 102 Å². The van der Waals surface area contributed by atoms with Crippen LogP contribution in [0.25, 0.3) is 22.7 Å². The molecule has 1 amide bonds. The molecule has 1 aliphatic carbocycles. The maximum absolute atomic E-state index is 13.8. The average Bonchev–Trinajstić information content (AvgIpc) is 3.01. The van der Waals surface area contributed by atoms with Gasteiger partial charge >= 0.3 is 0 Å². The summed E-state index contributed by atoms with van der Waals surface area (Å²) in [6.07, 6.45) is 11.8. The van der Waals surface area contributed by atoms with E-state index in [2.05, 4.69) is 35.5 Å². The molecule has 2 aliphatic heterocycles. The van der Waals surface area contributed by atoms with Gasteiger partial charge in [0.15, 0.2) is 11.5 Å². The van der Waals surface area contributed by atoms with Crippen LogP contribution in [0.1, 0.15) is 81.6 Å². The second-order valence-corrected chi connectivity index (χ2v) is 12.2. The Balaban J connectivity index is 1.33. The van der Waals surface area contributed by atoms with Crippen molar-refractivity contribution in [2.75, 3.05) is 26.2 Å². The number of carbonyl (C=O) groups is 1. The summed E-state index contributed by atoms with van der Waals surface area (Å²) < 4.78 is 8.48. The number of para-hydroxylation sites is 2. The molecule has 2 aromatic carbocycles. The Hall–Kier alpha value is -3.42. The number of nitrogens with one attached hydrogen (secondary N) is 2. The van der Waals surface area contributed by atoms with Gasteiger partial charge in [0.25, 0.3) is 5.91 Å². The number of hydrogen-bond acceptors (Lipinski definition) is 5. The molecule has 3 aromatic rings. The van der Waals surface area contributed by atoms with Crippen molar-refractivity contribution in [3.8, 4) is 17.2 Å². The molecular weight excluding hydrogens is 524 g/mol. The number of piperidine rings is 1. The molecule has 42 heavy (non-hydrogen) atoms. The van der Waals surface area contributed by atoms with Crippen molar-refractivity contribution in [2.24, 2.45) is 5.92 Å². The van der Waals surface area contributed by atoms with E-state index in [1.165, 1.54) is 24.8 Å². The number of pyridine rings is 1. The highest BCUT2D eigenvalue weighted by atomic mass is 16.5. The van der Waals surface area contributed by atoms with Crippen molar-refractivity contribution in [3.05, 3.63) is 69.5 Å². The zero-order valence-corrected chi connectivity index (χ0v) is 25.2. The molecule has 3 atom stereocenters. The molecule has 2 fully saturated rings. The molecule has 0 spiro atoms. The minimum absolute atomic E-state index is 0.0292. The van der Waals surface area contributed by atoms with Crippen LogP contribution in [-0.2, 0) is 0 Å². The van der Waals surface area contributed by atoms with Gasteiger partial charge in [-0.15, -0.1) is 0 Å². The SMILES string of the molecule is CCN(CC)CCCC(C)NC(=O)c1cn2c3c(c(C=C4CCC5CCCNC5C4)ccc3c1=O)Oc1ccccc1-2. The lowest BCUT2D eigenvalue weighted by molar-refractivity contribution is 0.0935. The normalized spacial score (nSPS) is 21.1. The van der Waals surface area contributed by atoms with Crippen LogP contribution in [0.3, 0.4) is 0 Å². The maximum atomic E-state index is 13.8. The standard InChI is InChI=1S/C35H44N4O3/c1-4-38(5-2)19-9-10-23(3)37-35(41)28-22-39-30-12-6-7-13-31(30)42-34-26(16-17-27(32(34)39)33(28)40)20-24-14-15-25-11-8-18-36-29(25)21-24/h6-7,12-13,16-17,20,22-23,25,29,36H,4-5,8-11,14-15,18-19,21H2,1-3H3,(H,37,41). The lowest BCUT2D eigenvalue weighted by Gasteiger charge is -2.37. The van der Waals surface area contributed by atoms with Crippen LogP contribution in [0.5, 0.6) is 11.5 Å². The van der Waals surface area contributed by atoms with E-state index in [0.29, 0.717) is 17.2 Å². The van der Waals surface area contributed by atoms with Crippen LogP contribution in [0.15, 0.2) is 53.0 Å². The number of nitrogens with zero attached hydrogens (tertiary/aromatic N) is 2. The van der Waals surface area contributed by atoms with Crippen molar-refractivity contribution in [3.63, 3.8) is 0 Å². The quantitative estimate of drug-likeness (QED) is 0.249. The minimum Gasteiger partial charge on any atom is -0.452 e. The maximum Gasteiger partial charge on any atom is 0.256 e. The number of carbonyl (C=O) groups excluding carboxylic acids is 1. The molecule has 1 saturated heterocycles. The van der Waals surface area contributed by atoms with Crippen LogP contribution < -0.4 is 20.8 Å². The fourth-order valence-corrected chi connectivity index (χ4v) is 7.08.